The van der Waals surface area contributed by atoms with E-state index in [1.54, 1.807) is 13.0 Å². The number of aryl methyl sites for hydroxylation is 1. The molecule has 1 aliphatic rings. The second-order valence-electron chi connectivity index (χ2n) is 5.76. The summed E-state index contributed by atoms with van der Waals surface area (Å²) in [6, 6.07) is 10.4. The van der Waals surface area contributed by atoms with Gasteiger partial charge < -0.3 is 4.98 Å². The van der Waals surface area contributed by atoms with Gasteiger partial charge in [0.25, 0.3) is 5.56 Å². The Morgan fingerprint density at radius 1 is 1.19 bits per heavy atom. The van der Waals surface area contributed by atoms with Gasteiger partial charge in [-0.25, -0.2) is 4.98 Å². The summed E-state index contributed by atoms with van der Waals surface area (Å²) in [5, 5.41) is 0. The Hall–Kier alpha value is -1.94. The van der Waals surface area contributed by atoms with Gasteiger partial charge in [-0.15, -0.1) is 0 Å². The summed E-state index contributed by atoms with van der Waals surface area (Å²) >= 11 is 0. The third-order valence-electron chi connectivity index (χ3n) is 4.24. The molecule has 0 aliphatic carbocycles. The molecular formula is C17H21N3O. The van der Waals surface area contributed by atoms with Gasteiger partial charge in [0.1, 0.15) is 5.82 Å². The van der Waals surface area contributed by atoms with Gasteiger partial charge in [-0.05, 0) is 45.3 Å². The normalized spacial score (nSPS) is 17.0. The van der Waals surface area contributed by atoms with Crippen molar-refractivity contribution < 1.29 is 0 Å². The van der Waals surface area contributed by atoms with Crippen LogP contribution in [0, 0.1) is 6.92 Å². The lowest BCUT2D eigenvalue weighted by molar-refractivity contribution is 0.263. The van der Waals surface area contributed by atoms with Gasteiger partial charge >= 0.3 is 0 Å². The molecule has 0 unspecified atom stereocenters. The Morgan fingerprint density at radius 2 is 1.86 bits per heavy atom. The number of likely N-dealkylation sites (tertiary alicyclic amines) is 1. The second-order valence-corrected chi connectivity index (χ2v) is 5.76. The Morgan fingerprint density at radius 3 is 2.48 bits per heavy atom. The summed E-state index contributed by atoms with van der Waals surface area (Å²) in [6.45, 7) is 6.44. The number of nitrogens with zero attached hydrogens (tertiary/aromatic N) is 2. The van der Waals surface area contributed by atoms with Gasteiger partial charge in [0, 0.05) is 17.7 Å². The molecule has 0 spiro atoms. The maximum Gasteiger partial charge on any atom is 0.251 e. The van der Waals surface area contributed by atoms with Crippen molar-refractivity contribution in [3.8, 4) is 11.3 Å². The first kappa shape index (κ1) is 14.0. The van der Waals surface area contributed by atoms with Crippen LogP contribution in [0.2, 0.25) is 0 Å². The summed E-state index contributed by atoms with van der Waals surface area (Å²) in [5.74, 6) is 0.645. The first-order chi connectivity index (χ1) is 10.1. The van der Waals surface area contributed by atoms with Crippen LogP contribution in [0.1, 0.15) is 37.2 Å². The predicted octanol–water partition coefficient (Wildman–Crippen LogP) is 2.90. The largest absolute Gasteiger partial charge is 0.311 e. The minimum absolute atomic E-state index is 0.105. The Labute approximate surface area is 124 Å². The second kappa shape index (κ2) is 5.82. The fraction of sp³-hybridized carbons (Fsp3) is 0.412. The van der Waals surface area contributed by atoms with Gasteiger partial charge in [-0.1, -0.05) is 24.3 Å². The van der Waals surface area contributed by atoms with Crippen LogP contribution in [0.15, 0.2) is 35.1 Å². The standard InChI is InChI=1S/C17H21N3O/c1-12(20-9-3-4-10-20)14-5-7-15(8-6-14)16-11-17(21)19-13(2)18-16/h5-8,11-12H,3-4,9-10H2,1-2H3,(H,18,19,21)/t12-/m1/s1. The minimum atomic E-state index is -0.105. The zero-order chi connectivity index (χ0) is 14.8. The SMILES string of the molecule is Cc1nc(-c2ccc([C@@H](C)N3CCCC3)cc2)cc(=O)[nH]1. The molecule has 1 fully saturated rings. The van der Waals surface area contributed by atoms with Crippen LogP contribution in [0.3, 0.4) is 0 Å². The Balaban J connectivity index is 1.84. The Kier molecular flexibility index (Phi) is 3.88. The van der Waals surface area contributed by atoms with Crippen molar-refractivity contribution in [2.45, 2.75) is 32.7 Å². The molecule has 0 saturated carbocycles. The molecule has 0 bridgehead atoms. The van der Waals surface area contributed by atoms with Crippen LogP contribution in [0.5, 0.6) is 0 Å². The van der Waals surface area contributed by atoms with Crippen LogP contribution in [-0.2, 0) is 0 Å². The van der Waals surface area contributed by atoms with E-state index in [-0.39, 0.29) is 5.56 Å². The molecule has 1 saturated heterocycles. The monoisotopic (exact) mass is 283 g/mol. The zero-order valence-electron chi connectivity index (χ0n) is 12.6. The van der Waals surface area contributed by atoms with E-state index in [0.29, 0.717) is 11.9 Å². The van der Waals surface area contributed by atoms with E-state index in [4.69, 9.17) is 0 Å². The van der Waals surface area contributed by atoms with Gasteiger partial charge in [0.2, 0.25) is 0 Å². The van der Waals surface area contributed by atoms with Crippen LogP contribution < -0.4 is 5.56 Å². The Bertz CT molecular complexity index is 669. The minimum Gasteiger partial charge on any atom is -0.311 e. The van der Waals surface area contributed by atoms with E-state index in [0.717, 1.165) is 11.3 Å². The highest BCUT2D eigenvalue weighted by molar-refractivity contribution is 5.59. The molecular weight excluding hydrogens is 262 g/mol. The molecule has 1 aromatic heterocycles. The van der Waals surface area contributed by atoms with Crippen LogP contribution in [0.25, 0.3) is 11.3 Å². The molecule has 110 valence electrons. The lowest BCUT2D eigenvalue weighted by Crippen LogP contribution is -2.23. The molecule has 1 atom stereocenters. The molecule has 1 N–H and O–H groups in total. The van der Waals surface area contributed by atoms with Gasteiger partial charge in [-0.3, -0.25) is 9.69 Å². The van der Waals surface area contributed by atoms with Crippen LogP contribution in [-0.4, -0.2) is 28.0 Å². The van der Waals surface area contributed by atoms with E-state index >= 15 is 0 Å². The van der Waals surface area contributed by atoms with Crippen molar-refractivity contribution in [1.82, 2.24) is 14.9 Å². The van der Waals surface area contributed by atoms with Gasteiger partial charge in [-0.2, -0.15) is 0 Å². The van der Waals surface area contributed by atoms with Crippen molar-refractivity contribution in [1.29, 1.82) is 0 Å². The van der Waals surface area contributed by atoms with E-state index in [1.807, 2.05) is 0 Å². The van der Waals surface area contributed by atoms with Gasteiger partial charge in [0.15, 0.2) is 0 Å². The number of rotatable bonds is 3. The van der Waals surface area contributed by atoms with Crippen molar-refractivity contribution in [2.24, 2.45) is 0 Å². The van der Waals surface area contributed by atoms with Gasteiger partial charge in [0.05, 0.1) is 5.69 Å². The number of aromatic amines is 1. The highest BCUT2D eigenvalue weighted by Gasteiger charge is 2.19. The zero-order valence-corrected chi connectivity index (χ0v) is 12.6. The predicted molar refractivity (Wildman–Crippen MR) is 84.3 cm³/mol. The van der Waals surface area contributed by atoms with Crippen molar-refractivity contribution in [3.05, 3.63) is 52.1 Å². The van der Waals surface area contributed by atoms with Crippen molar-refractivity contribution in [3.63, 3.8) is 0 Å². The fourth-order valence-electron chi connectivity index (χ4n) is 3.00. The molecule has 1 aliphatic heterocycles. The average Bonchev–Trinajstić information content (AvgIpc) is 3.00. The fourth-order valence-corrected chi connectivity index (χ4v) is 3.00. The highest BCUT2D eigenvalue weighted by atomic mass is 16.1. The number of hydrogen-bond acceptors (Lipinski definition) is 3. The number of benzene rings is 1. The molecule has 3 rings (SSSR count). The average molecular weight is 283 g/mol. The number of H-pyrrole nitrogens is 1. The summed E-state index contributed by atoms with van der Waals surface area (Å²) in [5.41, 5.74) is 2.94. The third-order valence-corrected chi connectivity index (χ3v) is 4.24. The summed E-state index contributed by atoms with van der Waals surface area (Å²) < 4.78 is 0. The molecule has 2 aromatic rings. The number of hydrogen-bond donors (Lipinski definition) is 1. The molecule has 4 nitrogen and oxygen atoms in total. The van der Waals surface area contributed by atoms with E-state index in [2.05, 4.69) is 46.1 Å². The van der Waals surface area contributed by atoms with E-state index < -0.39 is 0 Å². The van der Waals surface area contributed by atoms with Crippen LogP contribution in [0.4, 0.5) is 0 Å². The van der Waals surface area contributed by atoms with E-state index in [9.17, 15) is 4.79 Å². The van der Waals surface area contributed by atoms with Crippen molar-refractivity contribution >= 4 is 0 Å². The molecule has 4 heteroatoms. The first-order valence-corrected chi connectivity index (χ1v) is 7.56. The van der Waals surface area contributed by atoms with Crippen LogP contribution >= 0.6 is 0 Å². The summed E-state index contributed by atoms with van der Waals surface area (Å²) in [6.07, 6.45) is 2.61. The summed E-state index contributed by atoms with van der Waals surface area (Å²) in [7, 11) is 0. The lowest BCUT2D eigenvalue weighted by atomic mass is 10.0. The van der Waals surface area contributed by atoms with Crippen molar-refractivity contribution in [2.75, 3.05) is 13.1 Å². The first-order valence-electron chi connectivity index (χ1n) is 7.56. The third kappa shape index (κ3) is 3.05. The highest BCUT2D eigenvalue weighted by Crippen LogP contribution is 2.26. The topological polar surface area (TPSA) is 49.0 Å². The lowest BCUT2D eigenvalue weighted by Gasteiger charge is -2.24. The quantitative estimate of drug-likeness (QED) is 0.942. The molecule has 2 heterocycles. The smallest absolute Gasteiger partial charge is 0.251 e. The molecule has 0 radical (unpaired) electrons. The molecule has 1 aromatic carbocycles. The number of aromatic nitrogens is 2. The number of nitrogens with one attached hydrogen (secondary N) is 1. The maximum atomic E-state index is 11.5. The molecule has 21 heavy (non-hydrogen) atoms. The summed E-state index contributed by atoms with van der Waals surface area (Å²) in [4.78, 5) is 21.1. The van der Waals surface area contributed by atoms with E-state index in [1.165, 1.54) is 31.5 Å². The maximum absolute atomic E-state index is 11.5. The molecule has 0 amide bonds.